The number of nitrogens with one attached hydrogen (secondary N) is 1. The Bertz CT molecular complexity index is 357. The first-order valence-electron chi connectivity index (χ1n) is 5.96. The van der Waals surface area contributed by atoms with Crippen molar-refractivity contribution in [2.24, 2.45) is 0 Å². The van der Waals surface area contributed by atoms with Crippen LogP contribution < -0.4 is 10.1 Å². The van der Waals surface area contributed by atoms with Crippen molar-refractivity contribution in [2.45, 2.75) is 26.9 Å². The van der Waals surface area contributed by atoms with E-state index >= 15 is 0 Å². The smallest absolute Gasteiger partial charge is 0.134 e. The minimum atomic E-state index is 0.0462. The molecule has 0 aromatic heterocycles. The fourth-order valence-electron chi connectivity index (χ4n) is 1.85. The molecule has 0 radical (unpaired) electrons. The zero-order chi connectivity index (χ0) is 12.8. The fraction of sp³-hybridized carbons (Fsp3) is 0.571. The Morgan fingerprint density at radius 3 is 2.53 bits per heavy atom. The molecule has 1 unspecified atom stereocenters. The Morgan fingerprint density at radius 2 is 1.94 bits per heavy atom. The molecule has 3 nitrogen and oxygen atoms in total. The van der Waals surface area contributed by atoms with Crippen LogP contribution in [0.25, 0.3) is 0 Å². The highest BCUT2D eigenvalue weighted by molar-refractivity contribution is 5.42. The molecule has 0 aliphatic carbocycles. The molecule has 96 valence electrons. The highest BCUT2D eigenvalue weighted by Gasteiger charge is 2.12. The van der Waals surface area contributed by atoms with Gasteiger partial charge in [0.2, 0.25) is 0 Å². The van der Waals surface area contributed by atoms with E-state index in [1.165, 1.54) is 16.7 Å². The van der Waals surface area contributed by atoms with E-state index in [0.29, 0.717) is 6.61 Å². The van der Waals surface area contributed by atoms with Crippen LogP contribution >= 0.6 is 0 Å². The van der Waals surface area contributed by atoms with E-state index in [1.807, 2.05) is 7.05 Å². The van der Waals surface area contributed by atoms with Crippen LogP contribution in [-0.4, -0.2) is 33.4 Å². The van der Waals surface area contributed by atoms with Gasteiger partial charge in [0.1, 0.15) is 11.9 Å². The summed E-state index contributed by atoms with van der Waals surface area (Å²) in [5.41, 5.74) is 3.69. The molecule has 0 saturated heterocycles. The minimum absolute atomic E-state index is 0.0462. The van der Waals surface area contributed by atoms with Gasteiger partial charge in [-0.25, -0.2) is 0 Å². The van der Waals surface area contributed by atoms with Crippen LogP contribution in [-0.2, 0) is 4.74 Å². The second-order valence-corrected chi connectivity index (χ2v) is 4.46. The van der Waals surface area contributed by atoms with Gasteiger partial charge in [-0.1, -0.05) is 6.07 Å². The Labute approximate surface area is 104 Å². The average molecular weight is 237 g/mol. The summed E-state index contributed by atoms with van der Waals surface area (Å²) in [7, 11) is 3.61. The third kappa shape index (κ3) is 4.02. The molecule has 1 aromatic rings. The van der Waals surface area contributed by atoms with Gasteiger partial charge in [0.05, 0.1) is 6.61 Å². The Balaban J connectivity index is 2.84. The minimum Gasteiger partial charge on any atom is -0.486 e. The summed E-state index contributed by atoms with van der Waals surface area (Å²) in [6.45, 7) is 7.65. The van der Waals surface area contributed by atoms with Crippen molar-refractivity contribution >= 4 is 0 Å². The van der Waals surface area contributed by atoms with Gasteiger partial charge in [0.15, 0.2) is 0 Å². The van der Waals surface area contributed by atoms with Crippen molar-refractivity contribution in [2.75, 3.05) is 27.3 Å². The zero-order valence-electron chi connectivity index (χ0n) is 11.5. The number of benzene rings is 1. The molecule has 0 aliphatic heterocycles. The van der Waals surface area contributed by atoms with Gasteiger partial charge in [-0.3, -0.25) is 0 Å². The first-order chi connectivity index (χ1) is 8.08. The number of methoxy groups -OCH3 is 1. The second kappa shape index (κ2) is 6.62. The summed E-state index contributed by atoms with van der Waals surface area (Å²) in [6, 6.07) is 4.26. The summed E-state index contributed by atoms with van der Waals surface area (Å²) in [6.07, 6.45) is 0.0462. The maximum atomic E-state index is 6.00. The lowest BCUT2D eigenvalue weighted by Gasteiger charge is -2.20. The molecule has 0 spiro atoms. The van der Waals surface area contributed by atoms with Gasteiger partial charge in [0, 0.05) is 13.7 Å². The molecule has 0 saturated carbocycles. The van der Waals surface area contributed by atoms with Gasteiger partial charge in [-0.05, 0) is 50.6 Å². The van der Waals surface area contributed by atoms with Gasteiger partial charge in [-0.15, -0.1) is 0 Å². The van der Waals surface area contributed by atoms with Crippen LogP contribution in [0, 0.1) is 20.8 Å². The Morgan fingerprint density at radius 1 is 1.24 bits per heavy atom. The Kier molecular flexibility index (Phi) is 5.45. The highest BCUT2D eigenvalue weighted by Crippen LogP contribution is 2.24. The predicted octanol–water partition coefficient (Wildman–Crippen LogP) is 2.23. The van der Waals surface area contributed by atoms with Crippen molar-refractivity contribution < 1.29 is 9.47 Å². The maximum absolute atomic E-state index is 6.00. The van der Waals surface area contributed by atoms with Gasteiger partial charge in [-0.2, -0.15) is 0 Å². The lowest BCUT2D eigenvalue weighted by Crippen LogP contribution is -2.33. The molecule has 0 aliphatic rings. The normalized spacial score (nSPS) is 12.5. The van der Waals surface area contributed by atoms with Gasteiger partial charge >= 0.3 is 0 Å². The topological polar surface area (TPSA) is 30.5 Å². The van der Waals surface area contributed by atoms with Gasteiger partial charge in [0.25, 0.3) is 0 Å². The first-order valence-corrected chi connectivity index (χ1v) is 5.96. The average Bonchev–Trinajstić information content (AvgIpc) is 2.26. The van der Waals surface area contributed by atoms with E-state index < -0.39 is 0 Å². The van der Waals surface area contributed by atoms with Crippen molar-refractivity contribution in [3.8, 4) is 5.75 Å². The lowest BCUT2D eigenvalue weighted by molar-refractivity contribution is 0.0813. The number of hydrogen-bond donors (Lipinski definition) is 1. The molecule has 1 N–H and O–H groups in total. The van der Waals surface area contributed by atoms with Crippen LogP contribution in [0.15, 0.2) is 12.1 Å². The summed E-state index contributed by atoms with van der Waals surface area (Å²) in [5, 5.41) is 3.12. The monoisotopic (exact) mass is 237 g/mol. The molecule has 0 heterocycles. The van der Waals surface area contributed by atoms with Crippen LogP contribution in [0.4, 0.5) is 0 Å². The molecule has 1 aromatic carbocycles. The van der Waals surface area contributed by atoms with E-state index in [-0.39, 0.29) is 6.10 Å². The predicted molar refractivity (Wildman–Crippen MR) is 70.9 cm³/mol. The van der Waals surface area contributed by atoms with Crippen molar-refractivity contribution in [3.05, 3.63) is 28.8 Å². The van der Waals surface area contributed by atoms with Gasteiger partial charge < -0.3 is 14.8 Å². The SMILES string of the molecule is CNCC(COC)Oc1cc(C)cc(C)c1C. The van der Waals surface area contributed by atoms with Crippen molar-refractivity contribution in [3.63, 3.8) is 0 Å². The molecule has 0 amide bonds. The quantitative estimate of drug-likeness (QED) is 0.823. The molecule has 0 bridgehead atoms. The maximum Gasteiger partial charge on any atom is 0.134 e. The number of hydrogen-bond acceptors (Lipinski definition) is 3. The van der Waals surface area contributed by atoms with Crippen LogP contribution in [0.3, 0.4) is 0 Å². The standard InChI is InChI=1S/C14H23NO2/c1-10-6-11(2)12(3)14(7-10)17-13(8-15-4)9-16-5/h6-7,13,15H,8-9H2,1-5H3. The number of rotatable bonds is 6. The number of ether oxygens (including phenoxy) is 2. The summed E-state index contributed by atoms with van der Waals surface area (Å²) in [5.74, 6) is 0.958. The molecular weight excluding hydrogens is 214 g/mol. The molecule has 1 atom stereocenters. The summed E-state index contributed by atoms with van der Waals surface area (Å²) >= 11 is 0. The molecule has 0 fully saturated rings. The van der Waals surface area contributed by atoms with E-state index in [4.69, 9.17) is 9.47 Å². The van der Waals surface area contributed by atoms with E-state index in [9.17, 15) is 0 Å². The number of likely N-dealkylation sites (N-methyl/N-ethyl adjacent to an activating group) is 1. The van der Waals surface area contributed by atoms with E-state index in [0.717, 1.165) is 12.3 Å². The molecule has 3 heteroatoms. The Hall–Kier alpha value is -1.06. The van der Waals surface area contributed by atoms with Crippen LogP contribution in [0.1, 0.15) is 16.7 Å². The van der Waals surface area contributed by atoms with E-state index in [2.05, 4.69) is 38.2 Å². The van der Waals surface area contributed by atoms with Crippen LogP contribution in [0.2, 0.25) is 0 Å². The van der Waals surface area contributed by atoms with Crippen molar-refractivity contribution in [1.29, 1.82) is 0 Å². The third-order valence-corrected chi connectivity index (χ3v) is 2.84. The second-order valence-electron chi connectivity index (χ2n) is 4.46. The summed E-state index contributed by atoms with van der Waals surface area (Å²) < 4.78 is 11.2. The first kappa shape index (κ1) is 14.0. The molecular formula is C14H23NO2. The van der Waals surface area contributed by atoms with Crippen LogP contribution in [0.5, 0.6) is 5.75 Å². The number of aryl methyl sites for hydroxylation is 2. The molecule has 17 heavy (non-hydrogen) atoms. The lowest BCUT2D eigenvalue weighted by atomic mass is 10.1. The largest absolute Gasteiger partial charge is 0.486 e. The van der Waals surface area contributed by atoms with Crippen molar-refractivity contribution in [1.82, 2.24) is 5.32 Å². The summed E-state index contributed by atoms with van der Waals surface area (Å²) in [4.78, 5) is 0. The van der Waals surface area contributed by atoms with E-state index in [1.54, 1.807) is 7.11 Å². The zero-order valence-corrected chi connectivity index (χ0v) is 11.5. The fourth-order valence-corrected chi connectivity index (χ4v) is 1.85. The third-order valence-electron chi connectivity index (χ3n) is 2.84. The molecule has 1 rings (SSSR count). The highest BCUT2D eigenvalue weighted by atomic mass is 16.5.